The molecular weight excluding hydrogens is 701 g/mol. The Bertz CT molecular complexity index is 1340. The molecule has 0 unspecified atom stereocenters. The second-order valence-electron chi connectivity index (χ2n) is 7.42. The second kappa shape index (κ2) is 11.0. The van der Waals surface area contributed by atoms with Crippen LogP contribution < -0.4 is 4.74 Å². The number of nitrogens with zero attached hydrogens (tertiary/aromatic N) is 2. The summed E-state index contributed by atoms with van der Waals surface area (Å²) in [6.45, 7) is 0.233. The standard InChI is InChI=1S/C24H15FI2N2O5S/c25-17-6-4-14(5-7-17)12-28-23(30)21(35-24(28)31)11-16-9-19(26)22(20(27)10-16)34-13-15-2-1-3-18(8-15)29(32)33/h1-11H,12-13H2. The smallest absolute Gasteiger partial charge is 0.293 e. The van der Waals surface area contributed by atoms with Gasteiger partial charge in [0.05, 0.1) is 23.5 Å². The number of halogens is 3. The lowest BCUT2D eigenvalue weighted by molar-refractivity contribution is -0.384. The summed E-state index contributed by atoms with van der Waals surface area (Å²) in [5, 5.41) is 10.6. The SMILES string of the molecule is O=C1SC(=Cc2cc(I)c(OCc3cccc([N+](=O)[O-])c3)c(I)c2)C(=O)N1Cc1ccc(F)cc1. The van der Waals surface area contributed by atoms with Crippen molar-refractivity contribution in [1.82, 2.24) is 4.90 Å². The van der Waals surface area contributed by atoms with E-state index in [1.807, 2.05) is 12.1 Å². The van der Waals surface area contributed by atoms with Gasteiger partial charge in [-0.1, -0.05) is 24.3 Å². The van der Waals surface area contributed by atoms with Crippen LogP contribution in [0.2, 0.25) is 0 Å². The first kappa shape index (κ1) is 25.6. The molecule has 1 heterocycles. The monoisotopic (exact) mass is 716 g/mol. The molecule has 7 nitrogen and oxygen atoms in total. The van der Waals surface area contributed by atoms with E-state index in [0.717, 1.165) is 29.4 Å². The van der Waals surface area contributed by atoms with Crippen molar-refractivity contribution in [3.05, 3.63) is 105 Å². The Balaban J connectivity index is 1.49. The fraction of sp³-hybridized carbons (Fsp3) is 0.0833. The Hall–Kier alpha value is -2.52. The Kier molecular flexibility index (Phi) is 8.06. The Morgan fingerprint density at radius 1 is 1.03 bits per heavy atom. The second-order valence-corrected chi connectivity index (χ2v) is 10.7. The van der Waals surface area contributed by atoms with Gasteiger partial charge in [0, 0.05) is 12.1 Å². The van der Waals surface area contributed by atoms with Crippen molar-refractivity contribution in [2.24, 2.45) is 0 Å². The van der Waals surface area contributed by atoms with E-state index in [2.05, 4.69) is 45.2 Å². The van der Waals surface area contributed by atoms with Gasteiger partial charge in [-0.2, -0.15) is 0 Å². The van der Waals surface area contributed by atoms with Gasteiger partial charge in [0.25, 0.3) is 16.8 Å². The van der Waals surface area contributed by atoms with Gasteiger partial charge in [-0.25, -0.2) is 4.39 Å². The highest BCUT2D eigenvalue weighted by atomic mass is 127. The van der Waals surface area contributed by atoms with Gasteiger partial charge in [0.15, 0.2) is 0 Å². The van der Waals surface area contributed by atoms with Crippen LogP contribution in [0.4, 0.5) is 14.9 Å². The van der Waals surface area contributed by atoms with Gasteiger partial charge in [-0.05, 0) is 104 Å². The fourth-order valence-electron chi connectivity index (χ4n) is 3.28. The number of non-ortho nitro benzene ring substituents is 1. The molecule has 178 valence electrons. The number of rotatable bonds is 7. The van der Waals surface area contributed by atoms with E-state index in [1.54, 1.807) is 30.3 Å². The van der Waals surface area contributed by atoms with Crippen LogP contribution in [0.15, 0.2) is 65.6 Å². The van der Waals surface area contributed by atoms with Gasteiger partial charge in [-0.15, -0.1) is 0 Å². The zero-order valence-electron chi connectivity index (χ0n) is 17.7. The minimum absolute atomic E-state index is 0.000726. The van der Waals surface area contributed by atoms with Crippen molar-refractivity contribution < 1.29 is 23.6 Å². The normalized spacial score (nSPS) is 14.6. The number of hydrogen-bond donors (Lipinski definition) is 0. The maximum Gasteiger partial charge on any atom is 0.293 e. The van der Waals surface area contributed by atoms with Crippen molar-refractivity contribution in [2.45, 2.75) is 13.2 Å². The van der Waals surface area contributed by atoms with Crippen LogP contribution in [0.3, 0.4) is 0 Å². The minimum atomic E-state index is -0.451. The Labute approximate surface area is 231 Å². The number of carbonyl (C=O) groups is 2. The average molecular weight is 716 g/mol. The highest BCUT2D eigenvalue weighted by Gasteiger charge is 2.35. The van der Waals surface area contributed by atoms with E-state index in [-0.39, 0.29) is 29.9 Å². The van der Waals surface area contributed by atoms with Crippen molar-refractivity contribution in [2.75, 3.05) is 0 Å². The molecule has 0 aliphatic carbocycles. The van der Waals surface area contributed by atoms with Crippen LogP contribution >= 0.6 is 56.9 Å². The van der Waals surface area contributed by atoms with E-state index >= 15 is 0 Å². The molecule has 0 N–H and O–H groups in total. The van der Waals surface area contributed by atoms with E-state index < -0.39 is 10.8 Å². The number of benzene rings is 3. The first-order valence-electron chi connectivity index (χ1n) is 10.1. The minimum Gasteiger partial charge on any atom is -0.487 e. The molecular formula is C24H15FI2N2O5S. The molecule has 0 atom stereocenters. The molecule has 4 rings (SSSR count). The Morgan fingerprint density at radius 2 is 1.71 bits per heavy atom. The molecule has 0 saturated carbocycles. The van der Waals surface area contributed by atoms with Gasteiger partial charge >= 0.3 is 0 Å². The number of amides is 2. The lowest BCUT2D eigenvalue weighted by Gasteiger charge is -2.12. The van der Waals surface area contributed by atoms with Gasteiger partial charge in [0.1, 0.15) is 18.2 Å². The highest BCUT2D eigenvalue weighted by molar-refractivity contribution is 14.1. The van der Waals surface area contributed by atoms with Crippen LogP contribution in [0, 0.1) is 23.1 Å². The molecule has 2 amide bonds. The largest absolute Gasteiger partial charge is 0.487 e. The number of imide groups is 1. The third kappa shape index (κ3) is 6.19. The third-order valence-corrected chi connectivity index (χ3v) is 7.46. The molecule has 1 aliphatic rings. The quantitative estimate of drug-likeness (QED) is 0.116. The van der Waals surface area contributed by atoms with Gasteiger partial charge < -0.3 is 4.74 Å². The van der Waals surface area contributed by atoms with Crippen LogP contribution in [-0.2, 0) is 17.9 Å². The van der Waals surface area contributed by atoms with Crippen molar-refractivity contribution >= 4 is 79.9 Å². The third-order valence-electron chi connectivity index (χ3n) is 4.95. The highest BCUT2D eigenvalue weighted by Crippen LogP contribution is 2.35. The predicted molar refractivity (Wildman–Crippen MR) is 147 cm³/mol. The van der Waals surface area contributed by atoms with E-state index in [0.29, 0.717) is 21.8 Å². The molecule has 1 fully saturated rings. The molecule has 0 spiro atoms. The summed E-state index contributed by atoms with van der Waals surface area (Å²) in [7, 11) is 0. The zero-order chi connectivity index (χ0) is 25.1. The fourth-order valence-corrected chi connectivity index (χ4v) is 6.24. The predicted octanol–water partition coefficient (Wildman–Crippen LogP) is 6.76. The number of hydrogen-bond acceptors (Lipinski definition) is 6. The van der Waals surface area contributed by atoms with E-state index in [4.69, 9.17) is 4.74 Å². The van der Waals surface area contributed by atoms with Crippen LogP contribution in [-0.4, -0.2) is 21.0 Å². The van der Waals surface area contributed by atoms with E-state index in [1.165, 1.54) is 24.3 Å². The van der Waals surface area contributed by atoms with Gasteiger partial charge in [0.2, 0.25) is 0 Å². The molecule has 0 bridgehead atoms. The van der Waals surface area contributed by atoms with Crippen molar-refractivity contribution in [3.63, 3.8) is 0 Å². The molecule has 1 aliphatic heterocycles. The first-order valence-corrected chi connectivity index (χ1v) is 13.0. The zero-order valence-corrected chi connectivity index (χ0v) is 22.9. The number of carbonyl (C=O) groups excluding carboxylic acids is 2. The van der Waals surface area contributed by atoms with Crippen LogP contribution in [0.5, 0.6) is 5.75 Å². The maximum atomic E-state index is 13.1. The lowest BCUT2D eigenvalue weighted by atomic mass is 10.2. The summed E-state index contributed by atoms with van der Waals surface area (Å²) in [6, 6.07) is 15.6. The summed E-state index contributed by atoms with van der Waals surface area (Å²) in [6.07, 6.45) is 1.66. The molecule has 35 heavy (non-hydrogen) atoms. The van der Waals surface area contributed by atoms with Gasteiger partial charge in [-0.3, -0.25) is 24.6 Å². The molecule has 3 aromatic rings. The number of nitro groups is 1. The molecule has 0 radical (unpaired) electrons. The summed E-state index contributed by atoms with van der Waals surface area (Å²) in [4.78, 5) is 37.2. The molecule has 0 aromatic heterocycles. The topological polar surface area (TPSA) is 89.7 Å². The summed E-state index contributed by atoms with van der Waals surface area (Å²) in [5.41, 5.74) is 2.06. The molecule has 1 saturated heterocycles. The summed E-state index contributed by atoms with van der Waals surface area (Å²) in [5.74, 6) is -0.163. The number of ether oxygens (including phenoxy) is 1. The van der Waals surface area contributed by atoms with Crippen LogP contribution in [0.1, 0.15) is 16.7 Å². The van der Waals surface area contributed by atoms with Crippen molar-refractivity contribution in [1.29, 1.82) is 0 Å². The van der Waals surface area contributed by atoms with E-state index in [9.17, 15) is 24.1 Å². The lowest BCUT2D eigenvalue weighted by Crippen LogP contribution is -2.27. The Morgan fingerprint density at radius 3 is 2.37 bits per heavy atom. The maximum absolute atomic E-state index is 13.1. The molecule has 11 heteroatoms. The first-order chi connectivity index (χ1) is 16.7. The van der Waals surface area contributed by atoms with Crippen molar-refractivity contribution in [3.8, 4) is 5.75 Å². The average Bonchev–Trinajstić information content (AvgIpc) is 3.07. The number of thioether (sulfide) groups is 1. The number of nitro benzene ring substituents is 1. The summed E-state index contributed by atoms with van der Waals surface area (Å²) >= 11 is 5.10. The summed E-state index contributed by atoms with van der Waals surface area (Å²) < 4.78 is 20.6. The molecule has 3 aromatic carbocycles. The van der Waals surface area contributed by atoms with Crippen LogP contribution in [0.25, 0.3) is 6.08 Å².